The van der Waals surface area contributed by atoms with Crippen molar-refractivity contribution in [2.75, 3.05) is 13.1 Å². The van der Waals surface area contributed by atoms with Crippen LogP contribution in [0.15, 0.2) is 30.7 Å². The number of pyridine rings is 1. The number of unbranched alkanes of at least 4 members (excludes halogenated alkanes) is 1. The first-order valence-corrected chi connectivity index (χ1v) is 8.63. The topological polar surface area (TPSA) is 60.0 Å². The number of nitrogens with zero attached hydrogens (tertiary/aromatic N) is 4. The molecule has 2 aromatic rings. The predicted octanol–water partition coefficient (Wildman–Crippen LogP) is 3.01. The molecule has 5 nitrogen and oxygen atoms in total. The largest absolute Gasteiger partial charge is 0.337 e. The fraction of sp³-hybridized carbons (Fsp3) is 0.556. The Bertz CT molecular complexity index is 627. The quantitative estimate of drug-likeness (QED) is 0.734. The van der Waals surface area contributed by atoms with Gasteiger partial charge in [-0.3, -0.25) is 9.88 Å². The lowest BCUT2D eigenvalue weighted by Crippen LogP contribution is -2.33. The van der Waals surface area contributed by atoms with Crippen LogP contribution < -0.4 is 5.73 Å². The molecule has 3 rings (SSSR count). The highest BCUT2D eigenvalue weighted by atomic mass is 79.9. The zero-order valence-electron chi connectivity index (χ0n) is 14.4. The second-order valence-corrected chi connectivity index (χ2v) is 6.38. The van der Waals surface area contributed by atoms with Crippen LogP contribution in [-0.2, 0) is 20.0 Å². The molecule has 0 spiro atoms. The van der Waals surface area contributed by atoms with Gasteiger partial charge in [-0.05, 0) is 56.8 Å². The molecule has 0 radical (unpaired) electrons. The summed E-state index contributed by atoms with van der Waals surface area (Å²) in [5, 5.41) is 0. The van der Waals surface area contributed by atoms with Gasteiger partial charge in [-0.1, -0.05) is 6.07 Å². The van der Waals surface area contributed by atoms with E-state index in [0.29, 0.717) is 6.04 Å². The third-order valence-corrected chi connectivity index (χ3v) is 4.77. The molecule has 0 saturated heterocycles. The summed E-state index contributed by atoms with van der Waals surface area (Å²) in [6, 6.07) is 4.68. The summed E-state index contributed by atoms with van der Waals surface area (Å²) < 4.78 is 2.11. The SMILES string of the molecule is Br.Cn1ccnc1CN(CCCCN)C1CCCc2cccnc21. The van der Waals surface area contributed by atoms with Crippen molar-refractivity contribution in [3.8, 4) is 0 Å². The van der Waals surface area contributed by atoms with Crippen molar-refractivity contribution in [2.45, 2.75) is 44.7 Å². The lowest BCUT2D eigenvalue weighted by atomic mass is 9.90. The Morgan fingerprint density at radius 3 is 2.92 bits per heavy atom. The molecule has 0 amide bonds. The minimum Gasteiger partial charge on any atom is -0.337 e. The smallest absolute Gasteiger partial charge is 0.122 e. The summed E-state index contributed by atoms with van der Waals surface area (Å²) in [4.78, 5) is 11.8. The van der Waals surface area contributed by atoms with Crippen molar-refractivity contribution in [1.29, 1.82) is 0 Å². The standard InChI is InChI=1S/C18H27N5.BrH/c1-22-13-11-20-17(22)14-23(12-3-2-9-19)16-8-4-6-15-7-5-10-21-18(15)16;/h5,7,10-11,13,16H,2-4,6,8-9,12,14,19H2,1H3;1H. The molecule has 2 heterocycles. The first-order chi connectivity index (χ1) is 11.3. The number of hydrogen-bond donors (Lipinski definition) is 1. The zero-order chi connectivity index (χ0) is 16.1. The van der Waals surface area contributed by atoms with E-state index >= 15 is 0 Å². The average molecular weight is 394 g/mol. The van der Waals surface area contributed by atoms with E-state index in [9.17, 15) is 0 Å². The Morgan fingerprint density at radius 1 is 1.29 bits per heavy atom. The number of rotatable bonds is 7. The van der Waals surface area contributed by atoms with Crippen LogP contribution in [0, 0.1) is 0 Å². The van der Waals surface area contributed by atoms with Crippen LogP contribution in [0.25, 0.3) is 0 Å². The highest BCUT2D eigenvalue weighted by Crippen LogP contribution is 2.33. The summed E-state index contributed by atoms with van der Waals surface area (Å²) in [7, 11) is 2.06. The van der Waals surface area contributed by atoms with E-state index < -0.39 is 0 Å². The fourth-order valence-electron chi connectivity index (χ4n) is 3.48. The molecule has 1 atom stereocenters. The Morgan fingerprint density at radius 2 is 2.17 bits per heavy atom. The molecule has 1 aliphatic rings. The van der Waals surface area contributed by atoms with Crippen LogP contribution in [0.5, 0.6) is 0 Å². The Labute approximate surface area is 155 Å². The van der Waals surface area contributed by atoms with Crippen molar-refractivity contribution < 1.29 is 0 Å². The van der Waals surface area contributed by atoms with E-state index in [1.54, 1.807) is 0 Å². The van der Waals surface area contributed by atoms with Gasteiger partial charge >= 0.3 is 0 Å². The predicted molar refractivity (Wildman–Crippen MR) is 102 cm³/mol. The maximum Gasteiger partial charge on any atom is 0.122 e. The van der Waals surface area contributed by atoms with Crippen molar-refractivity contribution in [2.24, 2.45) is 12.8 Å². The minimum atomic E-state index is 0. The summed E-state index contributed by atoms with van der Waals surface area (Å²) in [5.41, 5.74) is 8.36. The fourth-order valence-corrected chi connectivity index (χ4v) is 3.48. The van der Waals surface area contributed by atoms with Crippen molar-refractivity contribution in [3.05, 3.63) is 47.8 Å². The lowest BCUT2D eigenvalue weighted by Gasteiger charge is -2.34. The van der Waals surface area contributed by atoms with Gasteiger partial charge in [0.25, 0.3) is 0 Å². The summed E-state index contributed by atoms with van der Waals surface area (Å²) >= 11 is 0. The number of nitrogens with two attached hydrogens (primary N) is 1. The molecule has 1 aliphatic carbocycles. The first-order valence-electron chi connectivity index (χ1n) is 8.63. The Kier molecular flexibility index (Phi) is 7.40. The summed E-state index contributed by atoms with van der Waals surface area (Å²) in [6.45, 7) is 2.68. The maximum absolute atomic E-state index is 5.68. The van der Waals surface area contributed by atoms with Gasteiger partial charge < -0.3 is 10.3 Å². The third-order valence-electron chi connectivity index (χ3n) is 4.77. The van der Waals surface area contributed by atoms with Gasteiger partial charge in [-0.2, -0.15) is 0 Å². The van der Waals surface area contributed by atoms with Gasteiger partial charge in [0.1, 0.15) is 5.82 Å². The molecule has 24 heavy (non-hydrogen) atoms. The lowest BCUT2D eigenvalue weighted by molar-refractivity contribution is 0.157. The van der Waals surface area contributed by atoms with Crippen LogP contribution >= 0.6 is 17.0 Å². The van der Waals surface area contributed by atoms with E-state index in [-0.39, 0.29) is 17.0 Å². The second-order valence-electron chi connectivity index (χ2n) is 6.38. The normalized spacial score (nSPS) is 16.7. The number of halogens is 1. The third kappa shape index (κ3) is 4.43. The van der Waals surface area contributed by atoms with Gasteiger partial charge in [-0.15, -0.1) is 17.0 Å². The minimum absolute atomic E-state index is 0. The summed E-state index contributed by atoms with van der Waals surface area (Å²) in [6.07, 6.45) is 11.6. The maximum atomic E-state index is 5.68. The number of fused-ring (bicyclic) bond motifs is 1. The average Bonchev–Trinajstić information content (AvgIpc) is 2.98. The molecule has 6 heteroatoms. The molecule has 0 bridgehead atoms. The molecule has 1 unspecified atom stereocenters. The van der Waals surface area contributed by atoms with Gasteiger partial charge in [0, 0.05) is 25.6 Å². The van der Waals surface area contributed by atoms with Crippen molar-refractivity contribution >= 4 is 17.0 Å². The molecule has 0 fully saturated rings. The van der Waals surface area contributed by atoms with Crippen LogP contribution in [0.3, 0.4) is 0 Å². The highest BCUT2D eigenvalue weighted by molar-refractivity contribution is 8.93. The van der Waals surface area contributed by atoms with E-state index in [4.69, 9.17) is 10.7 Å². The molecular weight excluding hydrogens is 366 g/mol. The monoisotopic (exact) mass is 393 g/mol. The highest BCUT2D eigenvalue weighted by Gasteiger charge is 2.27. The molecular formula is C18H28BrN5. The van der Waals surface area contributed by atoms with Crippen LogP contribution in [0.1, 0.15) is 48.8 Å². The van der Waals surface area contributed by atoms with Gasteiger partial charge in [0.05, 0.1) is 18.3 Å². The van der Waals surface area contributed by atoms with Gasteiger partial charge in [0.15, 0.2) is 0 Å². The summed E-state index contributed by atoms with van der Waals surface area (Å²) in [5.74, 6) is 1.11. The van der Waals surface area contributed by atoms with E-state index in [2.05, 4.69) is 33.6 Å². The molecule has 0 aliphatic heterocycles. The van der Waals surface area contributed by atoms with Crippen LogP contribution in [-0.4, -0.2) is 32.5 Å². The Hall–Kier alpha value is -1.24. The molecule has 2 N–H and O–H groups in total. The second kappa shape index (κ2) is 9.30. The van der Waals surface area contributed by atoms with Crippen LogP contribution in [0.4, 0.5) is 0 Å². The van der Waals surface area contributed by atoms with Crippen molar-refractivity contribution in [3.63, 3.8) is 0 Å². The van der Waals surface area contributed by atoms with Gasteiger partial charge in [0.2, 0.25) is 0 Å². The molecule has 2 aromatic heterocycles. The molecule has 0 aromatic carbocycles. The first kappa shape index (κ1) is 19.1. The number of aryl methyl sites for hydroxylation is 2. The number of hydrogen-bond acceptors (Lipinski definition) is 4. The van der Waals surface area contributed by atoms with E-state index in [1.807, 2.05) is 18.6 Å². The van der Waals surface area contributed by atoms with Crippen molar-refractivity contribution in [1.82, 2.24) is 19.4 Å². The number of aromatic nitrogens is 3. The molecule has 0 saturated carbocycles. The van der Waals surface area contributed by atoms with E-state index in [1.165, 1.54) is 24.1 Å². The van der Waals surface area contributed by atoms with Gasteiger partial charge in [-0.25, -0.2) is 4.98 Å². The molecule has 132 valence electrons. The van der Waals surface area contributed by atoms with E-state index in [0.717, 1.165) is 44.7 Å². The Balaban J connectivity index is 0.00000208. The van der Waals surface area contributed by atoms with Crippen LogP contribution in [0.2, 0.25) is 0 Å². The zero-order valence-corrected chi connectivity index (χ0v) is 16.1. The number of imidazole rings is 1.